The highest BCUT2D eigenvalue weighted by molar-refractivity contribution is 6.06. The van der Waals surface area contributed by atoms with Crippen LogP contribution in [0.3, 0.4) is 0 Å². The first kappa shape index (κ1) is 7.67. The summed E-state index contributed by atoms with van der Waals surface area (Å²) in [6, 6.07) is 1.90. The summed E-state index contributed by atoms with van der Waals surface area (Å²) in [5.41, 5.74) is 1.46. The second-order valence-corrected chi connectivity index (χ2v) is 2.54. The molecule has 1 aliphatic rings. The molecule has 1 amide bonds. The highest BCUT2D eigenvalue weighted by Crippen LogP contribution is 2.15. The molecule has 0 spiro atoms. The summed E-state index contributed by atoms with van der Waals surface area (Å²) in [6.07, 6.45) is 1.76. The molecule has 0 unspecified atom stereocenters. The molecule has 3 heteroatoms. The van der Waals surface area contributed by atoms with Crippen LogP contribution in [0.2, 0.25) is 0 Å². The third kappa shape index (κ3) is 1.35. The van der Waals surface area contributed by atoms with E-state index in [1.54, 1.807) is 19.9 Å². The van der Waals surface area contributed by atoms with Gasteiger partial charge in [0.15, 0.2) is 0 Å². The highest BCUT2D eigenvalue weighted by Gasteiger charge is 2.22. The van der Waals surface area contributed by atoms with Crippen LogP contribution in [0.4, 0.5) is 0 Å². The molecule has 0 aromatic heterocycles. The van der Waals surface area contributed by atoms with E-state index in [4.69, 9.17) is 5.26 Å². The largest absolute Gasteiger partial charge is 0.271 e. The van der Waals surface area contributed by atoms with E-state index in [1.165, 1.54) is 0 Å². The van der Waals surface area contributed by atoms with E-state index in [-0.39, 0.29) is 5.91 Å². The number of amides is 1. The van der Waals surface area contributed by atoms with Gasteiger partial charge in [0.1, 0.15) is 5.92 Å². The molecule has 1 heterocycles. The van der Waals surface area contributed by atoms with Crippen LogP contribution in [0.1, 0.15) is 13.8 Å². The summed E-state index contributed by atoms with van der Waals surface area (Å²) in [6.45, 7) is 3.51. The molecule has 3 nitrogen and oxygen atoms in total. The summed E-state index contributed by atoms with van der Waals surface area (Å²) >= 11 is 0. The molecule has 0 aromatic carbocycles. The summed E-state index contributed by atoms with van der Waals surface area (Å²) < 4.78 is 0. The Hall–Kier alpha value is -1.43. The van der Waals surface area contributed by atoms with Gasteiger partial charge in [0.05, 0.1) is 6.07 Å². The maximum absolute atomic E-state index is 11.0. The second kappa shape index (κ2) is 2.67. The molecule has 0 N–H and O–H groups in total. The molecule has 0 saturated carbocycles. The second-order valence-electron chi connectivity index (χ2n) is 2.54. The Kier molecular flexibility index (Phi) is 1.86. The van der Waals surface area contributed by atoms with Crippen LogP contribution in [0.5, 0.6) is 0 Å². The van der Waals surface area contributed by atoms with E-state index in [0.717, 1.165) is 5.57 Å². The third-order valence-corrected chi connectivity index (χ3v) is 1.55. The third-order valence-electron chi connectivity index (χ3n) is 1.55. The van der Waals surface area contributed by atoms with Gasteiger partial charge in [-0.3, -0.25) is 4.79 Å². The first-order chi connectivity index (χ1) is 5.15. The number of dihydropyridines is 1. The Morgan fingerprint density at radius 1 is 1.64 bits per heavy atom. The molecular formula is C8H8N2O. The molecule has 0 radical (unpaired) electrons. The number of carbonyl (C=O) groups is 1. The Morgan fingerprint density at radius 3 is 2.73 bits per heavy atom. The van der Waals surface area contributed by atoms with Crippen LogP contribution >= 0.6 is 0 Å². The van der Waals surface area contributed by atoms with E-state index in [1.807, 2.05) is 6.07 Å². The molecule has 0 aromatic rings. The van der Waals surface area contributed by atoms with Crippen molar-refractivity contribution in [2.45, 2.75) is 13.8 Å². The lowest BCUT2D eigenvalue weighted by Crippen LogP contribution is -2.17. The minimum Gasteiger partial charge on any atom is -0.271 e. The number of allylic oxidation sites excluding steroid dienone is 1. The van der Waals surface area contributed by atoms with Gasteiger partial charge < -0.3 is 0 Å². The molecule has 1 aliphatic heterocycles. The molecule has 0 fully saturated rings. The maximum Gasteiger partial charge on any atom is 0.267 e. The van der Waals surface area contributed by atoms with Crippen molar-refractivity contribution in [3.8, 4) is 6.07 Å². The van der Waals surface area contributed by atoms with E-state index in [0.29, 0.717) is 5.71 Å². The average molecular weight is 148 g/mol. The zero-order valence-corrected chi connectivity index (χ0v) is 6.46. The number of hydrogen-bond acceptors (Lipinski definition) is 2. The fraction of sp³-hybridized carbons (Fsp3) is 0.375. The van der Waals surface area contributed by atoms with Gasteiger partial charge in [0.25, 0.3) is 5.91 Å². The van der Waals surface area contributed by atoms with Crippen LogP contribution in [-0.2, 0) is 4.79 Å². The Labute approximate surface area is 65.0 Å². The predicted molar refractivity (Wildman–Crippen MR) is 41.0 cm³/mol. The quantitative estimate of drug-likeness (QED) is 0.516. The van der Waals surface area contributed by atoms with Crippen LogP contribution in [0, 0.1) is 17.2 Å². The normalized spacial score (nSPS) is 23.7. The van der Waals surface area contributed by atoms with Crippen molar-refractivity contribution in [2.75, 3.05) is 0 Å². The standard InChI is InChI=1S/C8H8N2O/c1-5-3-6(2)10-8(11)7(5)4-9/h3,7H,1-2H3/t7-/m1/s1. The number of aliphatic imine (C=N–C) groups is 1. The number of carbonyl (C=O) groups excluding carboxylic acids is 1. The van der Waals surface area contributed by atoms with Gasteiger partial charge in [-0.1, -0.05) is 0 Å². The molecule has 11 heavy (non-hydrogen) atoms. The summed E-state index contributed by atoms with van der Waals surface area (Å²) in [4.78, 5) is 14.7. The van der Waals surface area contributed by atoms with Gasteiger partial charge in [0, 0.05) is 5.71 Å². The van der Waals surface area contributed by atoms with Crippen molar-refractivity contribution in [1.82, 2.24) is 0 Å². The smallest absolute Gasteiger partial charge is 0.267 e. The molecule has 1 atom stereocenters. The van der Waals surface area contributed by atoms with E-state index in [2.05, 4.69) is 4.99 Å². The molecule has 0 aliphatic carbocycles. The molecular weight excluding hydrogens is 140 g/mol. The Balaban J connectivity index is 3.03. The van der Waals surface area contributed by atoms with Crippen molar-refractivity contribution >= 4 is 11.6 Å². The monoisotopic (exact) mass is 148 g/mol. The Morgan fingerprint density at radius 2 is 2.27 bits per heavy atom. The van der Waals surface area contributed by atoms with Crippen LogP contribution in [-0.4, -0.2) is 11.6 Å². The van der Waals surface area contributed by atoms with Crippen molar-refractivity contribution in [3.63, 3.8) is 0 Å². The van der Waals surface area contributed by atoms with Gasteiger partial charge in [-0.15, -0.1) is 0 Å². The van der Waals surface area contributed by atoms with Crippen molar-refractivity contribution in [1.29, 1.82) is 5.26 Å². The minimum absolute atomic E-state index is 0.343. The lowest BCUT2D eigenvalue weighted by molar-refractivity contribution is -0.119. The van der Waals surface area contributed by atoms with Gasteiger partial charge >= 0.3 is 0 Å². The lowest BCUT2D eigenvalue weighted by Gasteiger charge is -2.10. The first-order valence-electron chi connectivity index (χ1n) is 3.32. The fourth-order valence-electron chi connectivity index (χ4n) is 1.04. The van der Waals surface area contributed by atoms with Crippen LogP contribution < -0.4 is 0 Å². The van der Waals surface area contributed by atoms with Crippen LogP contribution in [0.15, 0.2) is 16.6 Å². The maximum atomic E-state index is 11.0. The van der Waals surface area contributed by atoms with E-state index < -0.39 is 5.92 Å². The van der Waals surface area contributed by atoms with Crippen molar-refractivity contribution in [2.24, 2.45) is 10.9 Å². The van der Waals surface area contributed by atoms with Gasteiger partial charge in [-0.25, -0.2) is 4.99 Å². The zero-order valence-electron chi connectivity index (χ0n) is 6.46. The first-order valence-corrected chi connectivity index (χ1v) is 3.32. The highest BCUT2D eigenvalue weighted by atomic mass is 16.1. The fourth-order valence-corrected chi connectivity index (χ4v) is 1.04. The average Bonchev–Trinajstić information content (AvgIpc) is 1.85. The number of nitriles is 1. The topological polar surface area (TPSA) is 53.2 Å². The molecule has 0 bridgehead atoms. The summed E-state index contributed by atoms with van der Waals surface area (Å²) in [7, 11) is 0. The predicted octanol–water partition coefficient (Wildman–Crippen LogP) is 1.07. The van der Waals surface area contributed by atoms with Gasteiger partial charge in [-0.2, -0.15) is 5.26 Å². The SMILES string of the molecule is CC1=CC(C)=NC(=O)[C@@H]1C#N. The van der Waals surface area contributed by atoms with Crippen LogP contribution in [0.25, 0.3) is 0 Å². The number of rotatable bonds is 0. The van der Waals surface area contributed by atoms with E-state index in [9.17, 15) is 4.79 Å². The zero-order chi connectivity index (χ0) is 8.43. The summed E-state index contributed by atoms with van der Waals surface area (Å²) in [5, 5.41) is 8.54. The van der Waals surface area contributed by atoms with E-state index >= 15 is 0 Å². The minimum atomic E-state index is -0.654. The Bertz CT molecular complexity index is 294. The number of hydrogen-bond donors (Lipinski definition) is 0. The molecule has 0 saturated heterocycles. The van der Waals surface area contributed by atoms with Crippen molar-refractivity contribution < 1.29 is 4.79 Å². The van der Waals surface area contributed by atoms with Gasteiger partial charge in [0.2, 0.25) is 0 Å². The van der Waals surface area contributed by atoms with Crippen molar-refractivity contribution in [3.05, 3.63) is 11.6 Å². The molecule has 56 valence electrons. The van der Waals surface area contributed by atoms with Gasteiger partial charge in [-0.05, 0) is 25.5 Å². The molecule has 1 rings (SSSR count). The number of nitrogens with zero attached hydrogens (tertiary/aromatic N) is 2. The summed E-state index contributed by atoms with van der Waals surface area (Å²) in [5.74, 6) is -0.997. The lowest BCUT2D eigenvalue weighted by atomic mass is 9.98.